The number of rotatable bonds is 4. The number of benzene rings is 1. The summed E-state index contributed by atoms with van der Waals surface area (Å²) in [7, 11) is 0. The summed E-state index contributed by atoms with van der Waals surface area (Å²) in [5.74, 6) is -0.922. The largest absolute Gasteiger partial charge is 0.478 e. The van der Waals surface area contributed by atoms with Crippen molar-refractivity contribution in [1.82, 2.24) is 14.9 Å². The van der Waals surface area contributed by atoms with E-state index in [9.17, 15) is 9.90 Å². The van der Waals surface area contributed by atoms with E-state index >= 15 is 0 Å². The fourth-order valence-corrected chi connectivity index (χ4v) is 4.42. The van der Waals surface area contributed by atoms with E-state index in [1.807, 2.05) is 18.2 Å². The van der Waals surface area contributed by atoms with Gasteiger partial charge in [0.05, 0.1) is 27.5 Å². The fraction of sp³-hybridized carbons (Fsp3) is 0.278. The number of aromatic nitrogens is 2. The molecule has 3 heterocycles. The third-order valence-corrected chi connectivity index (χ3v) is 5.57. The van der Waals surface area contributed by atoms with Crippen molar-refractivity contribution in [2.45, 2.75) is 25.4 Å². The molecule has 1 N–H and O–H groups in total. The first kappa shape index (κ1) is 15.2. The molecule has 24 heavy (non-hydrogen) atoms. The van der Waals surface area contributed by atoms with E-state index in [0.29, 0.717) is 12.2 Å². The Morgan fingerprint density at radius 3 is 3.00 bits per heavy atom. The van der Waals surface area contributed by atoms with Crippen LogP contribution in [0.1, 0.15) is 39.9 Å². The highest BCUT2D eigenvalue weighted by Crippen LogP contribution is 2.37. The van der Waals surface area contributed by atoms with Crippen LogP contribution in [-0.4, -0.2) is 32.5 Å². The van der Waals surface area contributed by atoms with Gasteiger partial charge in [-0.3, -0.25) is 9.88 Å². The summed E-state index contributed by atoms with van der Waals surface area (Å²) in [6, 6.07) is 11.7. The summed E-state index contributed by atoms with van der Waals surface area (Å²) >= 11 is 1.73. The summed E-state index contributed by atoms with van der Waals surface area (Å²) in [5.41, 5.74) is 1.94. The molecule has 0 radical (unpaired) electrons. The van der Waals surface area contributed by atoms with Crippen LogP contribution >= 0.6 is 11.3 Å². The van der Waals surface area contributed by atoms with Gasteiger partial charge >= 0.3 is 5.97 Å². The smallest absolute Gasteiger partial charge is 0.337 e. The summed E-state index contributed by atoms with van der Waals surface area (Å²) in [6.45, 7) is 1.49. The van der Waals surface area contributed by atoms with E-state index in [1.165, 1.54) is 4.70 Å². The Balaban J connectivity index is 1.62. The van der Waals surface area contributed by atoms with Crippen molar-refractivity contribution in [2.75, 3.05) is 6.54 Å². The first-order valence-corrected chi connectivity index (χ1v) is 8.81. The van der Waals surface area contributed by atoms with Crippen molar-refractivity contribution in [3.8, 4) is 0 Å². The SMILES string of the molecule is O=C(O)c1cccnc1CN1CCCC1c1nc2ccccc2s1. The number of para-hydroxylation sites is 1. The number of fused-ring (bicyclic) bond motifs is 1. The number of carboxylic acids is 1. The number of carboxylic acid groups (broad SMARTS) is 1. The maximum absolute atomic E-state index is 11.4. The molecule has 1 fully saturated rings. The van der Waals surface area contributed by atoms with Gasteiger partial charge in [-0.2, -0.15) is 0 Å². The summed E-state index contributed by atoms with van der Waals surface area (Å²) in [4.78, 5) is 22.8. The number of likely N-dealkylation sites (tertiary alicyclic amines) is 1. The molecule has 1 unspecified atom stereocenters. The van der Waals surface area contributed by atoms with Crippen molar-refractivity contribution in [3.05, 3.63) is 58.9 Å². The minimum Gasteiger partial charge on any atom is -0.478 e. The molecule has 0 saturated carbocycles. The Morgan fingerprint density at radius 2 is 2.17 bits per heavy atom. The normalized spacial score (nSPS) is 18.2. The van der Waals surface area contributed by atoms with E-state index in [-0.39, 0.29) is 11.6 Å². The van der Waals surface area contributed by atoms with Crippen LogP contribution in [-0.2, 0) is 6.54 Å². The molecule has 1 atom stereocenters. The molecule has 1 saturated heterocycles. The van der Waals surface area contributed by atoms with Gasteiger partial charge in [0.15, 0.2) is 0 Å². The van der Waals surface area contributed by atoms with E-state index in [0.717, 1.165) is 29.9 Å². The molecule has 0 bridgehead atoms. The molecular formula is C18H17N3O2S. The van der Waals surface area contributed by atoms with Crippen LogP contribution in [0.25, 0.3) is 10.2 Å². The maximum atomic E-state index is 11.4. The van der Waals surface area contributed by atoms with Gasteiger partial charge < -0.3 is 5.11 Å². The van der Waals surface area contributed by atoms with Crippen LogP contribution in [0, 0.1) is 0 Å². The van der Waals surface area contributed by atoms with E-state index in [1.54, 1.807) is 29.7 Å². The summed E-state index contributed by atoms with van der Waals surface area (Å²) in [5, 5.41) is 10.5. The van der Waals surface area contributed by atoms with Gasteiger partial charge in [0.1, 0.15) is 5.01 Å². The van der Waals surface area contributed by atoms with Crippen molar-refractivity contribution in [2.24, 2.45) is 0 Å². The van der Waals surface area contributed by atoms with Crippen molar-refractivity contribution >= 4 is 27.5 Å². The minimum atomic E-state index is -0.922. The van der Waals surface area contributed by atoms with Crippen LogP contribution in [0.2, 0.25) is 0 Å². The Bertz CT molecular complexity index is 860. The number of nitrogens with zero attached hydrogens (tertiary/aromatic N) is 3. The summed E-state index contributed by atoms with van der Waals surface area (Å²) < 4.78 is 1.20. The zero-order chi connectivity index (χ0) is 16.5. The van der Waals surface area contributed by atoms with Crippen molar-refractivity contribution < 1.29 is 9.90 Å². The molecule has 1 aliphatic heterocycles. The highest BCUT2D eigenvalue weighted by Gasteiger charge is 2.29. The first-order valence-electron chi connectivity index (χ1n) is 7.99. The fourth-order valence-electron chi connectivity index (χ4n) is 3.28. The average Bonchev–Trinajstić information content (AvgIpc) is 3.21. The van der Waals surface area contributed by atoms with Gasteiger partial charge in [-0.15, -0.1) is 11.3 Å². The molecule has 5 nitrogen and oxygen atoms in total. The van der Waals surface area contributed by atoms with E-state index in [4.69, 9.17) is 4.98 Å². The lowest BCUT2D eigenvalue weighted by Crippen LogP contribution is -2.24. The van der Waals surface area contributed by atoms with Crippen LogP contribution in [0.5, 0.6) is 0 Å². The molecular weight excluding hydrogens is 322 g/mol. The van der Waals surface area contributed by atoms with Crippen LogP contribution < -0.4 is 0 Å². The van der Waals surface area contributed by atoms with Gasteiger partial charge in [0.25, 0.3) is 0 Å². The maximum Gasteiger partial charge on any atom is 0.337 e. The molecule has 0 spiro atoms. The number of aromatic carboxylic acids is 1. The molecule has 1 aromatic carbocycles. The number of carbonyl (C=O) groups is 1. The third-order valence-electron chi connectivity index (χ3n) is 4.43. The Labute approximate surface area is 143 Å². The van der Waals surface area contributed by atoms with Crippen LogP contribution in [0.15, 0.2) is 42.6 Å². The molecule has 1 aliphatic rings. The zero-order valence-corrected chi connectivity index (χ0v) is 13.9. The van der Waals surface area contributed by atoms with Crippen LogP contribution in [0.3, 0.4) is 0 Å². The van der Waals surface area contributed by atoms with E-state index < -0.39 is 5.97 Å². The zero-order valence-electron chi connectivity index (χ0n) is 13.1. The Morgan fingerprint density at radius 1 is 1.29 bits per heavy atom. The Hall–Kier alpha value is -2.31. The predicted octanol–water partition coefficient (Wildman–Crippen LogP) is 3.73. The molecule has 0 amide bonds. The van der Waals surface area contributed by atoms with Gasteiger partial charge in [0.2, 0.25) is 0 Å². The minimum absolute atomic E-state index is 0.242. The number of hydrogen-bond acceptors (Lipinski definition) is 5. The predicted molar refractivity (Wildman–Crippen MR) is 93.2 cm³/mol. The summed E-state index contributed by atoms with van der Waals surface area (Å²) in [6.07, 6.45) is 3.80. The van der Waals surface area contributed by atoms with Crippen LogP contribution in [0.4, 0.5) is 0 Å². The number of thiazole rings is 1. The second kappa shape index (κ2) is 6.30. The van der Waals surface area contributed by atoms with Crippen molar-refractivity contribution in [1.29, 1.82) is 0 Å². The topological polar surface area (TPSA) is 66.3 Å². The van der Waals surface area contributed by atoms with Gasteiger partial charge in [0, 0.05) is 12.7 Å². The first-order chi connectivity index (χ1) is 11.7. The van der Waals surface area contributed by atoms with Crippen molar-refractivity contribution in [3.63, 3.8) is 0 Å². The third kappa shape index (κ3) is 2.79. The molecule has 2 aromatic heterocycles. The molecule has 4 rings (SSSR count). The van der Waals surface area contributed by atoms with Gasteiger partial charge in [-0.05, 0) is 43.7 Å². The monoisotopic (exact) mass is 339 g/mol. The standard InChI is InChI=1S/C18H17N3O2S/c22-18(23)12-5-3-9-19-14(12)11-21-10-4-7-15(21)17-20-13-6-1-2-8-16(13)24-17/h1-3,5-6,8-9,15H,4,7,10-11H2,(H,22,23). The van der Waals surface area contributed by atoms with Gasteiger partial charge in [-0.25, -0.2) is 9.78 Å². The van der Waals surface area contributed by atoms with E-state index in [2.05, 4.69) is 16.0 Å². The Kier molecular flexibility index (Phi) is 4.00. The van der Waals surface area contributed by atoms with Gasteiger partial charge in [-0.1, -0.05) is 12.1 Å². The lowest BCUT2D eigenvalue weighted by molar-refractivity contribution is 0.0693. The molecule has 6 heteroatoms. The lowest BCUT2D eigenvalue weighted by atomic mass is 10.1. The average molecular weight is 339 g/mol. The highest BCUT2D eigenvalue weighted by atomic mass is 32.1. The molecule has 0 aliphatic carbocycles. The number of hydrogen-bond donors (Lipinski definition) is 1. The molecule has 3 aromatic rings. The number of pyridine rings is 1. The second-order valence-electron chi connectivity index (χ2n) is 5.95. The quantitative estimate of drug-likeness (QED) is 0.784. The molecule has 122 valence electrons. The lowest BCUT2D eigenvalue weighted by Gasteiger charge is -2.22. The second-order valence-corrected chi connectivity index (χ2v) is 7.01. The highest BCUT2D eigenvalue weighted by molar-refractivity contribution is 7.18.